The minimum absolute atomic E-state index is 0.545. The topological polar surface area (TPSA) is 48.9 Å². The highest BCUT2D eigenvalue weighted by Gasteiger charge is 2.12. The SMILES string of the molecule is CCOc1cccc(CNC(=NC)NCCN(C(C)C)C(C)C)c1. The number of aliphatic imine (C=N–C) groups is 1. The van der Waals surface area contributed by atoms with Gasteiger partial charge in [0.1, 0.15) is 5.75 Å². The van der Waals surface area contributed by atoms with E-state index in [-0.39, 0.29) is 0 Å². The number of guanidine groups is 1. The molecule has 1 aromatic rings. The molecule has 0 unspecified atom stereocenters. The molecule has 5 heteroatoms. The summed E-state index contributed by atoms with van der Waals surface area (Å²) < 4.78 is 5.54. The lowest BCUT2D eigenvalue weighted by atomic mass is 10.2. The van der Waals surface area contributed by atoms with Crippen molar-refractivity contribution in [2.24, 2.45) is 4.99 Å². The second kappa shape index (κ2) is 10.9. The molecule has 5 nitrogen and oxygen atoms in total. The number of ether oxygens (including phenoxy) is 1. The quantitative estimate of drug-likeness (QED) is 0.538. The summed E-state index contributed by atoms with van der Waals surface area (Å²) in [5.41, 5.74) is 1.18. The minimum atomic E-state index is 0.545. The molecule has 0 aromatic heterocycles. The number of rotatable bonds is 9. The first kappa shape index (κ1) is 20.3. The van der Waals surface area contributed by atoms with Gasteiger partial charge in [-0.05, 0) is 52.3 Å². The molecule has 24 heavy (non-hydrogen) atoms. The Balaban J connectivity index is 2.44. The highest BCUT2D eigenvalue weighted by Crippen LogP contribution is 2.12. The Bertz CT molecular complexity index is 492. The molecule has 0 radical (unpaired) electrons. The van der Waals surface area contributed by atoms with E-state index < -0.39 is 0 Å². The van der Waals surface area contributed by atoms with Crippen LogP contribution in [0.3, 0.4) is 0 Å². The van der Waals surface area contributed by atoms with Crippen molar-refractivity contribution < 1.29 is 4.74 Å². The molecule has 1 rings (SSSR count). The monoisotopic (exact) mass is 334 g/mol. The molecule has 0 bridgehead atoms. The Morgan fingerprint density at radius 1 is 1.17 bits per heavy atom. The molecule has 2 N–H and O–H groups in total. The molecular weight excluding hydrogens is 300 g/mol. The third-order valence-corrected chi connectivity index (χ3v) is 3.88. The van der Waals surface area contributed by atoms with Gasteiger partial charge in [0.25, 0.3) is 0 Å². The molecule has 0 aliphatic heterocycles. The maximum atomic E-state index is 5.54. The van der Waals surface area contributed by atoms with Crippen LogP contribution in [0.2, 0.25) is 0 Å². The smallest absolute Gasteiger partial charge is 0.191 e. The number of benzene rings is 1. The van der Waals surface area contributed by atoms with Crippen LogP contribution in [-0.2, 0) is 6.54 Å². The maximum absolute atomic E-state index is 5.54. The normalized spacial score (nSPS) is 12.1. The number of hydrogen-bond donors (Lipinski definition) is 2. The van der Waals surface area contributed by atoms with E-state index in [0.717, 1.165) is 31.3 Å². The fourth-order valence-electron chi connectivity index (χ4n) is 2.73. The first-order valence-electron chi connectivity index (χ1n) is 8.89. The van der Waals surface area contributed by atoms with Gasteiger partial charge in [-0.25, -0.2) is 0 Å². The molecule has 0 aliphatic carbocycles. The van der Waals surface area contributed by atoms with Gasteiger partial charge in [-0.15, -0.1) is 0 Å². The van der Waals surface area contributed by atoms with Gasteiger partial charge in [-0.3, -0.25) is 9.89 Å². The van der Waals surface area contributed by atoms with Crippen LogP contribution in [0.4, 0.5) is 0 Å². The summed E-state index contributed by atoms with van der Waals surface area (Å²) in [5.74, 6) is 1.73. The van der Waals surface area contributed by atoms with Crippen LogP contribution in [0.15, 0.2) is 29.3 Å². The molecule has 0 fully saturated rings. The largest absolute Gasteiger partial charge is 0.494 e. The van der Waals surface area contributed by atoms with Gasteiger partial charge in [0.15, 0.2) is 5.96 Å². The van der Waals surface area contributed by atoms with Crippen LogP contribution in [0.5, 0.6) is 5.75 Å². The van der Waals surface area contributed by atoms with Gasteiger partial charge in [0, 0.05) is 38.8 Å². The molecule has 136 valence electrons. The zero-order valence-corrected chi connectivity index (χ0v) is 16.1. The van der Waals surface area contributed by atoms with Gasteiger partial charge in [-0.1, -0.05) is 12.1 Å². The lowest BCUT2D eigenvalue weighted by molar-refractivity contribution is 0.178. The van der Waals surface area contributed by atoms with Gasteiger partial charge in [0.05, 0.1) is 6.61 Å². The van der Waals surface area contributed by atoms with E-state index in [1.54, 1.807) is 7.05 Å². The fraction of sp³-hybridized carbons (Fsp3) is 0.632. The van der Waals surface area contributed by atoms with Crippen LogP contribution in [0, 0.1) is 0 Å². The van der Waals surface area contributed by atoms with E-state index in [1.807, 2.05) is 19.1 Å². The molecule has 0 saturated carbocycles. The number of nitrogens with zero attached hydrogens (tertiary/aromatic N) is 2. The Morgan fingerprint density at radius 2 is 1.88 bits per heavy atom. The van der Waals surface area contributed by atoms with Crippen LogP contribution >= 0.6 is 0 Å². The Labute approximate surface area is 147 Å². The summed E-state index contributed by atoms with van der Waals surface area (Å²) in [6.07, 6.45) is 0. The van der Waals surface area contributed by atoms with Crippen LogP contribution in [0.25, 0.3) is 0 Å². The number of hydrogen-bond acceptors (Lipinski definition) is 3. The highest BCUT2D eigenvalue weighted by atomic mass is 16.5. The van der Waals surface area contributed by atoms with E-state index in [9.17, 15) is 0 Å². The van der Waals surface area contributed by atoms with E-state index in [2.05, 4.69) is 60.4 Å². The summed E-state index contributed by atoms with van der Waals surface area (Å²) >= 11 is 0. The molecule has 0 saturated heterocycles. The fourth-order valence-corrected chi connectivity index (χ4v) is 2.73. The van der Waals surface area contributed by atoms with Gasteiger partial charge in [-0.2, -0.15) is 0 Å². The third-order valence-electron chi connectivity index (χ3n) is 3.88. The minimum Gasteiger partial charge on any atom is -0.494 e. The lowest BCUT2D eigenvalue weighted by Gasteiger charge is -2.30. The molecular formula is C19H34N4O. The zero-order chi connectivity index (χ0) is 17.9. The summed E-state index contributed by atoms with van der Waals surface area (Å²) in [6, 6.07) is 9.23. The average Bonchev–Trinajstić information content (AvgIpc) is 2.54. The summed E-state index contributed by atoms with van der Waals surface area (Å²) in [6.45, 7) is 14.2. The van der Waals surface area contributed by atoms with Gasteiger partial charge < -0.3 is 15.4 Å². The van der Waals surface area contributed by atoms with E-state index in [1.165, 1.54) is 5.56 Å². The third kappa shape index (κ3) is 7.21. The first-order valence-corrected chi connectivity index (χ1v) is 8.89. The van der Waals surface area contributed by atoms with Gasteiger partial charge in [0.2, 0.25) is 0 Å². The first-order chi connectivity index (χ1) is 11.5. The summed E-state index contributed by atoms with van der Waals surface area (Å²) in [5, 5.41) is 6.74. The van der Waals surface area contributed by atoms with Crippen molar-refractivity contribution >= 4 is 5.96 Å². The highest BCUT2D eigenvalue weighted by molar-refractivity contribution is 5.79. The van der Waals surface area contributed by atoms with Crippen molar-refractivity contribution in [2.75, 3.05) is 26.7 Å². The molecule has 0 heterocycles. The van der Waals surface area contributed by atoms with Gasteiger partial charge >= 0.3 is 0 Å². The second-order valence-corrected chi connectivity index (χ2v) is 6.36. The second-order valence-electron chi connectivity index (χ2n) is 6.36. The lowest BCUT2D eigenvalue weighted by Crippen LogP contribution is -2.45. The van der Waals surface area contributed by atoms with Crippen molar-refractivity contribution in [1.29, 1.82) is 0 Å². The van der Waals surface area contributed by atoms with Crippen molar-refractivity contribution in [2.45, 2.75) is 53.2 Å². The van der Waals surface area contributed by atoms with E-state index in [0.29, 0.717) is 18.7 Å². The Hall–Kier alpha value is -1.75. The van der Waals surface area contributed by atoms with Crippen LogP contribution in [0.1, 0.15) is 40.2 Å². The molecule has 0 amide bonds. The zero-order valence-electron chi connectivity index (χ0n) is 16.1. The predicted octanol–water partition coefficient (Wildman–Crippen LogP) is 2.87. The van der Waals surface area contributed by atoms with Crippen molar-refractivity contribution in [1.82, 2.24) is 15.5 Å². The Kier molecular flexibility index (Phi) is 9.23. The summed E-state index contributed by atoms with van der Waals surface area (Å²) in [7, 11) is 1.80. The molecule has 1 aromatic carbocycles. The van der Waals surface area contributed by atoms with Crippen molar-refractivity contribution in [3.63, 3.8) is 0 Å². The predicted molar refractivity (Wildman–Crippen MR) is 103 cm³/mol. The van der Waals surface area contributed by atoms with Crippen LogP contribution in [-0.4, -0.2) is 49.7 Å². The van der Waals surface area contributed by atoms with Crippen molar-refractivity contribution in [3.8, 4) is 5.75 Å². The standard InChI is InChI=1S/C19H34N4O/c1-7-24-18-10-8-9-17(13-18)14-22-19(20-6)21-11-12-23(15(2)3)16(4)5/h8-10,13,15-16H,7,11-12,14H2,1-6H3,(H2,20,21,22). The maximum Gasteiger partial charge on any atom is 0.191 e. The van der Waals surface area contributed by atoms with Crippen LogP contribution < -0.4 is 15.4 Å². The molecule has 0 spiro atoms. The average molecular weight is 335 g/mol. The molecule has 0 atom stereocenters. The number of nitrogens with one attached hydrogen (secondary N) is 2. The Morgan fingerprint density at radius 3 is 2.46 bits per heavy atom. The molecule has 0 aliphatic rings. The summed E-state index contributed by atoms with van der Waals surface area (Å²) in [4.78, 5) is 6.76. The van der Waals surface area contributed by atoms with E-state index in [4.69, 9.17) is 4.74 Å². The van der Waals surface area contributed by atoms with Crippen molar-refractivity contribution in [3.05, 3.63) is 29.8 Å². The van der Waals surface area contributed by atoms with E-state index >= 15 is 0 Å².